The summed E-state index contributed by atoms with van der Waals surface area (Å²) in [6.45, 7) is 3.50. The van der Waals surface area contributed by atoms with E-state index >= 15 is 0 Å². The Morgan fingerprint density at radius 3 is 2.76 bits per heavy atom. The maximum absolute atomic E-state index is 12.3. The number of amides is 2. The first-order valence-electron chi connectivity index (χ1n) is 7.84. The van der Waals surface area contributed by atoms with E-state index in [9.17, 15) is 9.59 Å². The van der Waals surface area contributed by atoms with E-state index in [1.165, 1.54) is 14.0 Å². The topological polar surface area (TPSA) is 101 Å². The quantitative estimate of drug-likeness (QED) is 0.656. The molecule has 2 rings (SSSR count). The number of rotatable bonds is 7. The first kappa shape index (κ1) is 18.7. The summed E-state index contributed by atoms with van der Waals surface area (Å²) in [7, 11) is 1.51. The van der Waals surface area contributed by atoms with Crippen molar-refractivity contribution >= 4 is 35.4 Å². The van der Waals surface area contributed by atoms with Crippen LogP contribution in [0.1, 0.15) is 26.1 Å². The highest BCUT2D eigenvalue weighted by Crippen LogP contribution is 2.27. The second-order valence-electron chi connectivity index (χ2n) is 5.43. The zero-order valence-electron chi connectivity index (χ0n) is 14.4. The molecule has 0 saturated heterocycles. The van der Waals surface area contributed by atoms with Crippen molar-refractivity contribution in [3.05, 3.63) is 28.8 Å². The van der Waals surface area contributed by atoms with Crippen molar-refractivity contribution < 1.29 is 14.3 Å². The molecule has 0 fully saturated rings. The van der Waals surface area contributed by atoms with Gasteiger partial charge in [0.25, 0.3) is 0 Å². The third-order valence-electron chi connectivity index (χ3n) is 3.41. The van der Waals surface area contributed by atoms with E-state index < -0.39 is 0 Å². The predicted octanol–water partition coefficient (Wildman–Crippen LogP) is 2.50. The minimum Gasteiger partial charge on any atom is -0.495 e. The average Bonchev–Trinajstić information content (AvgIpc) is 2.88. The molecule has 9 heteroatoms. The molecule has 1 aromatic carbocycles. The molecule has 0 aliphatic carbocycles. The summed E-state index contributed by atoms with van der Waals surface area (Å²) in [5, 5.41) is 12.3. The summed E-state index contributed by atoms with van der Waals surface area (Å²) >= 11 is 5.17. The van der Waals surface area contributed by atoms with Crippen LogP contribution in [0.25, 0.3) is 0 Å². The van der Waals surface area contributed by atoms with Gasteiger partial charge in [-0.3, -0.25) is 19.3 Å². The first-order chi connectivity index (χ1) is 11.9. The Labute approximate surface area is 150 Å². The SMILES string of the molecule is CCCc1n[nH]c(=S)n1CC(=O)Nc1ccc(OC)c(NC(C)=O)c1. The van der Waals surface area contributed by atoms with Crippen molar-refractivity contribution in [2.24, 2.45) is 0 Å². The average molecular weight is 363 g/mol. The Bertz CT molecular complexity index is 827. The fourth-order valence-corrected chi connectivity index (χ4v) is 2.56. The number of aryl methyl sites for hydroxylation is 1. The molecule has 1 aromatic heterocycles. The molecule has 3 N–H and O–H groups in total. The maximum Gasteiger partial charge on any atom is 0.244 e. The second kappa shape index (κ2) is 8.43. The van der Waals surface area contributed by atoms with Crippen molar-refractivity contribution in [2.75, 3.05) is 17.7 Å². The molecule has 0 aliphatic rings. The molecule has 0 aliphatic heterocycles. The Hall–Kier alpha value is -2.68. The molecule has 2 aromatic rings. The van der Waals surface area contributed by atoms with E-state index in [0.717, 1.165) is 18.7 Å². The lowest BCUT2D eigenvalue weighted by molar-refractivity contribution is -0.117. The van der Waals surface area contributed by atoms with Crippen molar-refractivity contribution in [3.8, 4) is 5.75 Å². The molecule has 1 heterocycles. The fraction of sp³-hybridized carbons (Fsp3) is 0.375. The minimum absolute atomic E-state index is 0.0617. The van der Waals surface area contributed by atoms with Crippen LogP contribution in [0.3, 0.4) is 0 Å². The fourth-order valence-electron chi connectivity index (χ4n) is 2.34. The van der Waals surface area contributed by atoms with Gasteiger partial charge in [-0.15, -0.1) is 0 Å². The number of nitrogens with one attached hydrogen (secondary N) is 3. The second-order valence-corrected chi connectivity index (χ2v) is 5.81. The Morgan fingerprint density at radius 1 is 1.36 bits per heavy atom. The number of aromatic nitrogens is 3. The number of carbonyl (C=O) groups is 2. The van der Waals surface area contributed by atoms with Crippen LogP contribution in [0.5, 0.6) is 5.75 Å². The van der Waals surface area contributed by atoms with Crippen molar-refractivity contribution in [1.29, 1.82) is 0 Å². The van der Waals surface area contributed by atoms with Gasteiger partial charge >= 0.3 is 0 Å². The van der Waals surface area contributed by atoms with Gasteiger partial charge in [-0.1, -0.05) is 6.92 Å². The third kappa shape index (κ3) is 4.90. The van der Waals surface area contributed by atoms with Gasteiger partial charge in [0, 0.05) is 19.0 Å². The van der Waals surface area contributed by atoms with Gasteiger partial charge in [-0.25, -0.2) is 0 Å². The lowest BCUT2D eigenvalue weighted by Crippen LogP contribution is -2.20. The van der Waals surface area contributed by atoms with Crippen LogP contribution < -0.4 is 15.4 Å². The van der Waals surface area contributed by atoms with Crippen LogP contribution in [0.2, 0.25) is 0 Å². The van der Waals surface area contributed by atoms with E-state index in [0.29, 0.717) is 21.9 Å². The number of aromatic amines is 1. The van der Waals surface area contributed by atoms with Gasteiger partial charge < -0.3 is 15.4 Å². The molecule has 0 unspecified atom stereocenters. The molecule has 0 atom stereocenters. The van der Waals surface area contributed by atoms with E-state index in [1.54, 1.807) is 22.8 Å². The van der Waals surface area contributed by atoms with Gasteiger partial charge in [0.15, 0.2) is 4.77 Å². The Balaban J connectivity index is 2.14. The molecule has 134 valence electrons. The standard InChI is InChI=1S/C16H21N5O3S/c1-4-5-14-19-20-16(25)21(14)9-15(23)18-11-6-7-13(24-3)12(8-11)17-10(2)22/h6-8H,4-5,9H2,1-3H3,(H,17,22)(H,18,23)(H,20,25). The summed E-state index contributed by atoms with van der Waals surface area (Å²) in [6, 6.07) is 5.01. The van der Waals surface area contributed by atoms with E-state index in [1.807, 2.05) is 6.92 Å². The van der Waals surface area contributed by atoms with Crippen LogP contribution in [-0.2, 0) is 22.6 Å². The summed E-state index contributed by atoms with van der Waals surface area (Å²) in [4.78, 5) is 23.6. The maximum atomic E-state index is 12.3. The third-order valence-corrected chi connectivity index (χ3v) is 3.72. The molecule has 0 radical (unpaired) electrons. The Kier molecular flexibility index (Phi) is 6.29. The Morgan fingerprint density at radius 2 is 2.12 bits per heavy atom. The molecular formula is C16H21N5O3S. The predicted molar refractivity (Wildman–Crippen MR) is 97.3 cm³/mol. The lowest BCUT2D eigenvalue weighted by atomic mass is 10.2. The number of H-pyrrole nitrogens is 1. The first-order valence-corrected chi connectivity index (χ1v) is 8.25. The number of ether oxygens (including phenoxy) is 1. The van der Waals surface area contributed by atoms with Gasteiger partial charge in [0.05, 0.1) is 12.8 Å². The number of nitrogens with zero attached hydrogens (tertiary/aromatic N) is 2. The van der Waals surface area contributed by atoms with Crippen molar-refractivity contribution in [3.63, 3.8) is 0 Å². The highest BCUT2D eigenvalue weighted by molar-refractivity contribution is 7.71. The molecule has 0 saturated carbocycles. The van der Waals surface area contributed by atoms with Gasteiger partial charge in [-0.2, -0.15) is 5.10 Å². The van der Waals surface area contributed by atoms with E-state index in [-0.39, 0.29) is 18.4 Å². The smallest absolute Gasteiger partial charge is 0.244 e. The molecule has 8 nitrogen and oxygen atoms in total. The van der Waals surface area contributed by atoms with E-state index in [2.05, 4.69) is 20.8 Å². The summed E-state index contributed by atoms with van der Waals surface area (Å²) < 4.78 is 7.27. The minimum atomic E-state index is -0.242. The van der Waals surface area contributed by atoms with Gasteiger partial charge in [-0.05, 0) is 36.8 Å². The number of carbonyl (C=O) groups excluding carboxylic acids is 2. The van der Waals surface area contributed by atoms with Crippen LogP contribution in [0.4, 0.5) is 11.4 Å². The lowest BCUT2D eigenvalue weighted by Gasteiger charge is -2.12. The van der Waals surface area contributed by atoms with Crippen LogP contribution in [0.15, 0.2) is 18.2 Å². The molecule has 2 amide bonds. The molecular weight excluding hydrogens is 342 g/mol. The van der Waals surface area contributed by atoms with Crippen molar-refractivity contribution in [2.45, 2.75) is 33.2 Å². The monoisotopic (exact) mass is 363 g/mol. The summed E-state index contributed by atoms with van der Waals surface area (Å²) in [5.41, 5.74) is 1.03. The molecule has 0 bridgehead atoms. The zero-order chi connectivity index (χ0) is 18.4. The van der Waals surface area contributed by atoms with Crippen LogP contribution >= 0.6 is 12.2 Å². The van der Waals surface area contributed by atoms with Crippen LogP contribution in [-0.4, -0.2) is 33.7 Å². The summed E-state index contributed by atoms with van der Waals surface area (Å²) in [5.74, 6) is 0.788. The zero-order valence-corrected chi connectivity index (χ0v) is 15.2. The largest absolute Gasteiger partial charge is 0.495 e. The number of hydrogen-bond acceptors (Lipinski definition) is 5. The highest BCUT2D eigenvalue weighted by atomic mass is 32.1. The molecule has 25 heavy (non-hydrogen) atoms. The number of benzene rings is 1. The molecule has 0 spiro atoms. The highest BCUT2D eigenvalue weighted by Gasteiger charge is 2.12. The number of methoxy groups -OCH3 is 1. The van der Waals surface area contributed by atoms with Crippen molar-refractivity contribution in [1.82, 2.24) is 14.8 Å². The van der Waals surface area contributed by atoms with Crippen LogP contribution in [0, 0.1) is 4.77 Å². The number of anilines is 2. The summed E-state index contributed by atoms with van der Waals surface area (Å²) in [6.07, 6.45) is 1.63. The van der Waals surface area contributed by atoms with Gasteiger partial charge in [0.1, 0.15) is 18.1 Å². The van der Waals surface area contributed by atoms with E-state index in [4.69, 9.17) is 17.0 Å². The van der Waals surface area contributed by atoms with Gasteiger partial charge in [0.2, 0.25) is 11.8 Å². The normalized spacial score (nSPS) is 10.4. The number of hydrogen-bond donors (Lipinski definition) is 3.